The van der Waals surface area contributed by atoms with Gasteiger partial charge in [0.25, 0.3) is 0 Å². The fraction of sp³-hybridized carbons (Fsp3) is 0.0943. The number of aryl methyl sites for hydroxylation is 1. The summed E-state index contributed by atoms with van der Waals surface area (Å²) < 4.78 is 6.57. The Morgan fingerprint density at radius 3 is 1.55 bits per heavy atom. The van der Waals surface area contributed by atoms with Gasteiger partial charge in [-0.05, 0) is 93.9 Å². The molecular weight excluding hydrogens is 667 g/mol. The second-order valence-corrected chi connectivity index (χ2v) is 15.4. The van der Waals surface area contributed by atoms with Crippen molar-refractivity contribution in [3.8, 4) is 33.8 Å². The quantitative estimate of drug-likeness (QED) is 0.171. The molecule has 8 aromatic rings. The fourth-order valence-corrected chi connectivity index (χ4v) is 9.29. The van der Waals surface area contributed by atoms with E-state index < -0.39 is 5.41 Å². The van der Waals surface area contributed by atoms with Crippen molar-refractivity contribution in [1.82, 2.24) is 0 Å². The maximum absolute atomic E-state index is 6.57. The second kappa shape index (κ2) is 12.7. The van der Waals surface area contributed by atoms with Crippen molar-refractivity contribution in [1.29, 1.82) is 0 Å². The van der Waals surface area contributed by atoms with Crippen molar-refractivity contribution in [3.05, 3.63) is 233 Å². The summed E-state index contributed by atoms with van der Waals surface area (Å²) in [6.07, 6.45) is 0. The van der Waals surface area contributed by atoms with E-state index in [9.17, 15) is 0 Å². The van der Waals surface area contributed by atoms with Crippen LogP contribution < -0.4 is 9.64 Å². The molecule has 2 aliphatic rings. The third-order valence-electron chi connectivity index (χ3n) is 11.9. The highest BCUT2D eigenvalue weighted by Gasteiger charge is 2.45. The number of fused-ring (bicyclic) bond motifs is 5. The molecule has 264 valence electrons. The Labute approximate surface area is 324 Å². The van der Waals surface area contributed by atoms with E-state index in [1.807, 2.05) is 6.07 Å². The highest BCUT2D eigenvalue weighted by Crippen LogP contribution is 2.56. The van der Waals surface area contributed by atoms with Crippen LogP contribution in [0.1, 0.15) is 52.8 Å². The van der Waals surface area contributed by atoms with E-state index in [1.165, 1.54) is 61.2 Å². The van der Waals surface area contributed by atoms with Gasteiger partial charge in [0.05, 0.1) is 11.1 Å². The number of hydrogen-bond donors (Lipinski definition) is 0. The van der Waals surface area contributed by atoms with Gasteiger partial charge >= 0.3 is 0 Å². The molecule has 0 aromatic heterocycles. The van der Waals surface area contributed by atoms with Crippen LogP contribution in [0.25, 0.3) is 22.3 Å². The first-order valence-corrected chi connectivity index (χ1v) is 19.2. The van der Waals surface area contributed by atoms with Gasteiger partial charge in [0, 0.05) is 27.9 Å². The van der Waals surface area contributed by atoms with Gasteiger partial charge in [-0.3, -0.25) is 0 Å². The number of anilines is 3. The number of nitrogens with zero attached hydrogens (tertiary/aromatic N) is 1. The van der Waals surface area contributed by atoms with Crippen LogP contribution in [-0.2, 0) is 10.8 Å². The Morgan fingerprint density at radius 2 is 0.909 bits per heavy atom. The third-order valence-corrected chi connectivity index (χ3v) is 11.9. The Bertz CT molecular complexity index is 2640. The minimum Gasteiger partial charge on any atom is -0.457 e. The first kappa shape index (κ1) is 33.0. The maximum Gasteiger partial charge on any atom is 0.133 e. The molecule has 1 aliphatic carbocycles. The second-order valence-electron chi connectivity index (χ2n) is 15.4. The lowest BCUT2D eigenvalue weighted by molar-refractivity contribution is 0.418. The van der Waals surface area contributed by atoms with Gasteiger partial charge in [-0.25, -0.2) is 0 Å². The Hall–Kier alpha value is -6.64. The number of rotatable bonds is 6. The maximum atomic E-state index is 6.57. The summed E-state index contributed by atoms with van der Waals surface area (Å²) in [5.41, 5.74) is 16.4. The van der Waals surface area contributed by atoms with E-state index in [2.05, 4.69) is 214 Å². The first-order valence-electron chi connectivity index (χ1n) is 19.2. The molecule has 8 aromatic carbocycles. The lowest BCUT2D eigenvalue weighted by Crippen LogP contribution is -2.28. The van der Waals surface area contributed by atoms with Crippen LogP contribution in [0.15, 0.2) is 194 Å². The lowest BCUT2D eigenvalue weighted by Gasteiger charge is -2.39. The topological polar surface area (TPSA) is 12.5 Å². The monoisotopic (exact) mass is 707 g/mol. The van der Waals surface area contributed by atoms with Crippen molar-refractivity contribution in [2.75, 3.05) is 4.90 Å². The van der Waals surface area contributed by atoms with Gasteiger partial charge in [-0.15, -0.1) is 0 Å². The number of para-hydroxylation sites is 1. The van der Waals surface area contributed by atoms with Gasteiger partial charge in [-0.1, -0.05) is 171 Å². The normalized spacial score (nSPS) is 14.2. The van der Waals surface area contributed by atoms with Gasteiger partial charge in [-0.2, -0.15) is 0 Å². The van der Waals surface area contributed by atoms with Crippen LogP contribution in [0.2, 0.25) is 0 Å². The largest absolute Gasteiger partial charge is 0.457 e. The molecule has 0 saturated carbocycles. The van der Waals surface area contributed by atoms with Crippen molar-refractivity contribution in [2.45, 2.75) is 31.6 Å². The molecule has 0 radical (unpaired) electrons. The molecule has 2 heteroatoms. The summed E-state index contributed by atoms with van der Waals surface area (Å²) in [6.45, 7) is 6.75. The van der Waals surface area contributed by atoms with Crippen LogP contribution in [0.3, 0.4) is 0 Å². The molecule has 2 nitrogen and oxygen atoms in total. The Balaban J connectivity index is 1.06. The zero-order chi connectivity index (χ0) is 37.1. The molecule has 55 heavy (non-hydrogen) atoms. The van der Waals surface area contributed by atoms with Gasteiger partial charge in [0.2, 0.25) is 0 Å². The van der Waals surface area contributed by atoms with Crippen LogP contribution in [0.5, 0.6) is 11.5 Å². The molecular formula is C53H41NO. The highest BCUT2D eigenvalue weighted by atomic mass is 16.5. The van der Waals surface area contributed by atoms with E-state index in [0.29, 0.717) is 0 Å². The molecule has 0 unspecified atom stereocenters. The zero-order valence-corrected chi connectivity index (χ0v) is 31.3. The average Bonchev–Trinajstić information content (AvgIpc) is 3.53. The Kier molecular flexibility index (Phi) is 7.64. The summed E-state index contributed by atoms with van der Waals surface area (Å²) in [4.78, 5) is 2.38. The van der Waals surface area contributed by atoms with E-state index >= 15 is 0 Å². The summed E-state index contributed by atoms with van der Waals surface area (Å²) in [6, 6.07) is 70.8. The van der Waals surface area contributed by atoms with Crippen molar-refractivity contribution in [2.24, 2.45) is 0 Å². The molecule has 0 N–H and O–H groups in total. The summed E-state index contributed by atoms with van der Waals surface area (Å²) in [5, 5.41) is 0. The van der Waals surface area contributed by atoms with E-state index in [0.717, 1.165) is 28.6 Å². The van der Waals surface area contributed by atoms with Gasteiger partial charge in [0.15, 0.2) is 0 Å². The van der Waals surface area contributed by atoms with Crippen LogP contribution in [-0.4, -0.2) is 0 Å². The first-order chi connectivity index (χ1) is 26.9. The zero-order valence-electron chi connectivity index (χ0n) is 31.3. The van der Waals surface area contributed by atoms with Crippen LogP contribution in [0.4, 0.5) is 17.1 Å². The minimum absolute atomic E-state index is 0.275. The number of hydrogen-bond acceptors (Lipinski definition) is 2. The molecule has 1 heterocycles. The molecule has 0 atom stereocenters. The van der Waals surface area contributed by atoms with E-state index in [4.69, 9.17) is 4.74 Å². The number of ether oxygens (including phenoxy) is 1. The third kappa shape index (κ3) is 5.09. The van der Waals surface area contributed by atoms with Gasteiger partial charge in [0.1, 0.15) is 11.5 Å². The minimum atomic E-state index is -0.405. The molecule has 10 rings (SSSR count). The number of benzene rings is 8. The standard InChI is InChI=1S/C53H41NO/c1-36-24-32-41(33-25-36)54(48-21-13-23-50-51(48)52(2,3)47-20-11-12-22-49(47)55-50)42-34-28-38(29-35-42)37-26-30-40(31-27-37)53(39-14-5-4-6-15-39)45-18-9-7-16-43(45)44-17-8-10-19-46(44)53/h4-35H,1-3H3. The van der Waals surface area contributed by atoms with Gasteiger partial charge < -0.3 is 9.64 Å². The average molecular weight is 708 g/mol. The van der Waals surface area contributed by atoms with Crippen molar-refractivity contribution < 1.29 is 4.74 Å². The summed E-state index contributed by atoms with van der Waals surface area (Å²) in [5.74, 6) is 1.82. The summed E-state index contributed by atoms with van der Waals surface area (Å²) >= 11 is 0. The van der Waals surface area contributed by atoms with Crippen molar-refractivity contribution >= 4 is 17.1 Å². The highest BCUT2D eigenvalue weighted by molar-refractivity contribution is 5.87. The molecule has 0 saturated heterocycles. The molecule has 0 amide bonds. The molecule has 1 aliphatic heterocycles. The molecule has 0 bridgehead atoms. The summed E-state index contributed by atoms with van der Waals surface area (Å²) in [7, 11) is 0. The van der Waals surface area contributed by atoms with E-state index in [1.54, 1.807) is 0 Å². The molecule has 0 spiro atoms. The predicted molar refractivity (Wildman–Crippen MR) is 227 cm³/mol. The van der Waals surface area contributed by atoms with Crippen LogP contribution >= 0.6 is 0 Å². The van der Waals surface area contributed by atoms with E-state index in [-0.39, 0.29) is 5.41 Å². The Morgan fingerprint density at radius 1 is 0.418 bits per heavy atom. The lowest BCUT2D eigenvalue weighted by atomic mass is 9.67. The predicted octanol–water partition coefficient (Wildman–Crippen LogP) is 13.9. The van der Waals surface area contributed by atoms with Crippen LogP contribution in [0, 0.1) is 6.92 Å². The molecule has 0 fully saturated rings. The van der Waals surface area contributed by atoms with Crippen molar-refractivity contribution in [3.63, 3.8) is 0 Å². The SMILES string of the molecule is Cc1ccc(N(c2ccc(-c3ccc(C4(c5ccccc5)c5ccccc5-c5ccccc54)cc3)cc2)c2cccc3c2C(C)(C)c2ccccc2O3)cc1. The fourth-order valence-electron chi connectivity index (χ4n) is 9.29. The smallest absolute Gasteiger partial charge is 0.133 e.